The minimum Gasteiger partial charge on any atom is -0.489 e. The van der Waals surface area contributed by atoms with Crippen molar-refractivity contribution in [3.63, 3.8) is 0 Å². The molecule has 1 aromatic rings. The van der Waals surface area contributed by atoms with E-state index in [4.69, 9.17) is 10.5 Å². The van der Waals surface area contributed by atoms with Gasteiger partial charge in [0.05, 0.1) is 6.54 Å². The fourth-order valence-electron chi connectivity index (χ4n) is 1.31. The highest BCUT2D eigenvalue weighted by Crippen LogP contribution is 2.17. The van der Waals surface area contributed by atoms with Gasteiger partial charge in [0.2, 0.25) is 5.91 Å². The third-order valence-electron chi connectivity index (χ3n) is 2.08. The molecule has 0 fully saturated rings. The van der Waals surface area contributed by atoms with Crippen molar-refractivity contribution in [1.29, 1.82) is 0 Å². The topological polar surface area (TPSA) is 64.4 Å². The van der Waals surface area contributed by atoms with Crippen LogP contribution < -0.4 is 15.8 Å². The number of ether oxygens (including phenoxy) is 1. The van der Waals surface area contributed by atoms with E-state index >= 15 is 0 Å². The Labute approximate surface area is 104 Å². The molecule has 18 heavy (non-hydrogen) atoms. The van der Waals surface area contributed by atoms with Gasteiger partial charge in [-0.2, -0.15) is 0 Å². The highest BCUT2D eigenvalue weighted by atomic mass is 19.1. The normalized spacial score (nSPS) is 12.0. The maximum atomic E-state index is 13.1. The second kappa shape index (κ2) is 6.90. The molecular formula is C12H16F2N2O2. The van der Waals surface area contributed by atoms with Crippen LogP contribution in [0.2, 0.25) is 0 Å². The van der Waals surface area contributed by atoms with Gasteiger partial charge in [-0.1, -0.05) is 0 Å². The Hall–Kier alpha value is -1.69. The van der Waals surface area contributed by atoms with Gasteiger partial charge < -0.3 is 15.8 Å². The van der Waals surface area contributed by atoms with Crippen LogP contribution in [-0.4, -0.2) is 25.1 Å². The summed E-state index contributed by atoms with van der Waals surface area (Å²) in [7, 11) is 0. The number of nitrogens with two attached hydrogens (primary N) is 1. The molecule has 3 N–H and O–H groups in total. The summed E-state index contributed by atoms with van der Waals surface area (Å²) in [5.41, 5.74) is 5.45. The summed E-state index contributed by atoms with van der Waals surface area (Å²) in [6.45, 7) is 2.07. The summed E-state index contributed by atoms with van der Waals surface area (Å²) >= 11 is 0. The minimum atomic E-state index is -0.767. The largest absolute Gasteiger partial charge is 0.489 e. The molecule has 0 aromatic heterocycles. The molecule has 0 aliphatic heterocycles. The van der Waals surface area contributed by atoms with Gasteiger partial charge in [0.1, 0.15) is 12.4 Å². The van der Waals surface area contributed by atoms with Crippen molar-refractivity contribution >= 4 is 5.91 Å². The molecule has 100 valence electrons. The van der Waals surface area contributed by atoms with Crippen LogP contribution in [0.15, 0.2) is 18.2 Å². The van der Waals surface area contributed by atoms with Gasteiger partial charge in [-0.05, 0) is 19.1 Å². The van der Waals surface area contributed by atoms with Crippen molar-refractivity contribution in [2.45, 2.75) is 19.4 Å². The number of rotatable bonds is 6. The summed E-state index contributed by atoms with van der Waals surface area (Å²) < 4.78 is 30.8. The molecule has 1 amide bonds. The molecule has 1 atom stereocenters. The molecule has 0 spiro atoms. The number of hydrogen-bond acceptors (Lipinski definition) is 3. The average molecular weight is 258 g/mol. The van der Waals surface area contributed by atoms with E-state index in [1.165, 1.54) is 6.07 Å². The summed E-state index contributed by atoms with van der Waals surface area (Å²) in [6, 6.07) is 2.84. The maximum absolute atomic E-state index is 13.1. The number of carbonyl (C=O) groups is 1. The zero-order chi connectivity index (χ0) is 13.5. The zero-order valence-electron chi connectivity index (χ0n) is 10.1. The second-order valence-electron chi connectivity index (χ2n) is 3.95. The summed E-state index contributed by atoms with van der Waals surface area (Å²) in [5.74, 6) is -1.66. The minimum absolute atomic E-state index is 0.0437. The molecule has 0 aliphatic rings. The predicted octanol–water partition coefficient (Wildman–Crippen LogP) is 1.20. The maximum Gasteiger partial charge on any atom is 0.221 e. The fourth-order valence-corrected chi connectivity index (χ4v) is 1.31. The van der Waals surface area contributed by atoms with Crippen molar-refractivity contribution < 1.29 is 18.3 Å². The van der Waals surface area contributed by atoms with Crippen molar-refractivity contribution in [2.24, 2.45) is 5.73 Å². The lowest BCUT2D eigenvalue weighted by molar-refractivity contribution is -0.121. The van der Waals surface area contributed by atoms with E-state index in [2.05, 4.69) is 5.32 Å². The Morgan fingerprint density at radius 2 is 2.22 bits per heavy atom. The molecule has 0 saturated heterocycles. The van der Waals surface area contributed by atoms with Gasteiger partial charge in [-0.3, -0.25) is 4.79 Å². The zero-order valence-corrected chi connectivity index (χ0v) is 10.1. The standard InChI is InChI=1S/C12H16F2N2O2/c1-8(15)6-12(17)16-4-5-18-11-3-2-9(13)7-10(11)14/h2-3,7-8H,4-6,15H2,1H3,(H,16,17). The van der Waals surface area contributed by atoms with Gasteiger partial charge in [-0.15, -0.1) is 0 Å². The van der Waals surface area contributed by atoms with Crippen molar-refractivity contribution in [3.05, 3.63) is 29.8 Å². The Morgan fingerprint density at radius 3 is 2.83 bits per heavy atom. The third-order valence-corrected chi connectivity index (χ3v) is 2.08. The van der Waals surface area contributed by atoms with E-state index in [0.717, 1.165) is 12.1 Å². The molecular weight excluding hydrogens is 242 g/mol. The van der Waals surface area contributed by atoms with Crippen molar-refractivity contribution in [3.8, 4) is 5.75 Å². The van der Waals surface area contributed by atoms with Crippen LogP contribution in [0, 0.1) is 11.6 Å². The molecule has 0 radical (unpaired) electrons. The van der Waals surface area contributed by atoms with Crippen LogP contribution in [0.1, 0.15) is 13.3 Å². The molecule has 0 bridgehead atoms. The van der Waals surface area contributed by atoms with Crippen LogP contribution in [-0.2, 0) is 4.79 Å². The molecule has 6 heteroatoms. The number of carbonyl (C=O) groups excluding carboxylic acids is 1. The first-order valence-corrected chi connectivity index (χ1v) is 5.59. The van der Waals surface area contributed by atoms with Crippen LogP contribution in [0.25, 0.3) is 0 Å². The monoisotopic (exact) mass is 258 g/mol. The van der Waals surface area contributed by atoms with Gasteiger partial charge in [0.15, 0.2) is 11.6 Å². The van der Waals surface area contributed by atoms with E-state index in [9.17, 15) is 13.6 Å². The number of amides is 1. The van der Waals surface area contributed by atoms with Crippen LogP contribution in [0.3, 0.4) is 0 Å². The lowest BCUT2D eigenvalue weighted by atomic mass is 10.2. The SMILES string of the molecule is CC(N)CC(=O)NCCOc1ccc(F)cc1F. The Balaban J connectivity index is 2.27. The highest BCUT2D eigenvalue weighted by Gasteiger charge is 2.06. The molecule has 1 unspecified atom stereocenters. The smallest absolute Gasteiger partial charge is 0.221 e. The van der Waals surface area contributed by atoms with E-state index < -0.39 is 11.6 Å². The quantitative estimate of drug-likeness (QED) is 0.753. The van der Waals surface area contributed by atoms with E-state index in [-0.39, 0.29) is 37.3 Å². The van der Waals surface area contributed by atoms with Gasteiger partial charge in [-0.25, -0.2) is 8.78 Å². The number of halogens is 2. The summed E-state index contributed by atoms with van der Waals surface area (Å²) in [4.78, 5) is 11.2. The molecule has 1 aromatic carbocycles. The van der Waals surface area contributed by atoms with Gasteiger partial charge in [0, 0.05) is 18.5 Å². The van der Waals surface area contributed by atoms with Crippen LogP contribution >= 0.6 is 0 Å². The van der Waals surface area contributed by atoms with Gasteiger partial charge in [0.25, 0.3) is 0 Å². The molecule has 4 nitrogen and oxygen atoms in total. The summed E-state index contributed by atoms with van der Waals surface area (Å²) in [6.07, 6.45) is 0.227. The number of nitrogens with one attached hydrogen (secondary N) is 1. The molecule has 0 saturated carbocycles. The molecule has 0 aliphatic carbocycles. The fraction of sp³-hybridized carbons (Fsp3) is 0.417. The van der Waals surface area contributed by atoms with Gasteiger partial charge >= 0.3 is 0 Å². The Kier molecular flexibility index (Phi) is 5.51. The first kappa shape index (κ1) is 14.4. The average Bonchev–Trinajstić information content (AvgIpc) is 2.25. The first-order chi connectivity index (χ1) is 8.49. The molecule has 0 heterocycles. The van der Waals surface area contributed by atoms with Crippen LogP contribution in [0.4, 0.5) is 8.78 Å². The first-order valence-electron chi connectivity index (χ1n) is 5.59. The number of hydrogen-bond donors (Lipinski definition) is 2. The molecule has 1 rings (SSSR count). The second-order valence-corrected chi connectivity index (χ2v) is 3.95. The Bertz CT molecular complexity index is 411. The summed E-state index contributed by atoms with van der Waals surface area (Å²) in [5, 5.41) is 2.57. The van der Waals surface area contributed by atoms with E-state index in [1.807, 2.05) is 0 Å². The van der Waals surface area contributed by atoms with Crippen molar-refractivity contribution in [1.82, 2.24) is 5.32 Å². The third kappa shape index (κ3) is 5.09. The van der Waals surface area contributed by atoms with Crippen LogP contribution in [0.5, 0.6) is 5.75 Å². The lowest BCUT2D eigenvalue weighted by Crippen LogP contribution is -2.32. The predicted molar refractivity (Wildman–Crippen MR) is 63.1 cm³/mol. The van der Waals surface area contributed by atoms with E-state index in [1.54, 1.807) is 6.92 Å². The highest BCUT2D eigenvalue weighted by molar-refractivity contribution is 5.76. The number of benzene rings is 1. The van der Waals surface area contributed by atoms with E-state index in [0.29, 0.717) is 0 Å². The van der Waals surface area contributed by atoms with Crippen molar-refractivity contribution in [2.75, 3.05) is 13.2 Å². The Morgan fingerprint density at radius 1 is 1.50 bits per heavy atom. The lowest BCUT2D eigenvalue weighted by Gasteiger charge is -2.09.